The maximum atomic E-state index is 12.2. The molecule has 1 saturated heterocycles. The molecule has 1 amide bonds. The molecule has 2 heterocycles. The summed E-state index contributed by atoms with van der Waals surface area (Å²) in [7, 11) is 1.24. The number of methoxy groups -OCH3 is 1. The molecule has 122 valence electrons. The van der Waals surface area contributed by atoms with Crippen LogP contribution in [0.4, 0.5) is 0 Å². The van der Waals surface area contributed by atoms with Crippen LogP contribution >= 0.6 is 0 Å². The van der Waals surface area contributed by atoms with Crippen molar-refractivity contribution in [2.24, 2.45) is 5.92 Å². The van der Waals surface area contributed by atoms with Crippen LogP contribution in [0.5, 0.6) is 11.5 Å². The number of aryl methyl sites for hydroxylation is 1. The van der Waals surface area contributed by atoms with Gasteiger partial charge in [-0.3, -0.25) is 14.4 Å². The number of Topliss-reactive ketones (excluding diaryl/α,β-unsaturated/α-hetero) is 1. The van der Waals surface area contributed by atoms with E-state index in [9.17, 15) is 14.4 Å². The Morgan fingerprint density at radius 2 is 2.09 bits per heavy atom. The number of likely N-dealkylation sites (tertiary alicyclic amines) is 1. The molecule has 0 aromatic heterocycles. The van der Waals surface area contributed by atoms with Crippen LogP contribution in [0.15, 0.2) is 18.2 Å². The van der Waals surface area contributed by atoms with E-state index in [1.807, 2.05) is 18.2 Å². The van der Waals surface area contributed by atoms with E-state index in [0.717, 1.165) is 5.56 Å². The second-order valence-corrected chi connectivity index (χ2v) is 5.50. The summed E-state index contributed by atoms with van der Waals surface area (Å²) in [5.41, 5.74) is 0.956. The molecule has 1 aromatic carbocycles. The summed E-state index contributed by atoms with van der Waals surface area (Å²) >= 11 is 0. The smallest absolute Gasteiger partial charge is 0.318 e. The van der Waals surface area contributed by atoms with Gasteiger partial charge in [-0.1, -0.05) is 6.07 Å². The van der Waals surface area contributed by atoms with Gasteiger partial charge in [-0.2, -0.15) is 0 Å². The lowest BCUT2D eigenvalue weighted by molar-refractivity contribution is -0.147. The molecule has 0 radical (unpaired) electrons. The second kappa shape index (κ2) is 6.28. The largest absolute Gasteiger partial charge is 0.468 e. The zero-order valence-electron chi connectivity index (χ0n) is 12.7. The number of hydrogen-bond acceptors (Lipinski definition) is 6. The van der Waals surface area contributed by atoms with Gasteiger partial charge in [-0.25, -0.2) is 0 Å². The van der Waals surface area contributed by atoms with Crippen molar-refractivity contribution >= 4 is 17.7 Å². The third-order valence-corrected chi connectivity index (χ3v) is 4.04. The van der Waals surface area contributed by atoms with E-state index in [4.69, 9.17) is 9.47 Å². The molecule has 1 aromatic rings. The zero-order valence-corrected chi connectivity index (χ0v) is 12.7. The van der Waals surface area contributed by atoms with E-state index in [2.05, 4.69) is 4.74 Å². The van der Waals surface area contributed by atoms with Crippen LogP contribution in [0.25, 0.3) is 0 Å². The van der Waals surface area contributed by atoms with Crippen molar-refractivity contribution < 1.29 is 28.6 Å². The Hall–Kier alpha value is -2.57. The number of nitrogens with zero attached hydrogens (tertiary/aromatic N) is 1. The van der Waals surface area contributed by atoms with Gasteiger partial charge in [0.25, 0.3) is 0 Å². The molecule has 0 aliphatic carbocycles. The van der Waals surface area contributed by atoms with E-state index in [1.165, 1.54) is 12.0 Å². The summed E-state index contributed by atoms with van der Waals surface area (Å²) in [5, 5.41) is 0. The monoisotopic (exact) mass is 319 g/mol. The Labute approximate surface area is 133 Å². The number of hydrogen-bond donors (Lipinski definition) is 0. The normalized spacial score (nSPS) is 19.1. The van der Waals surface area contributed by atoms with Crippen molar-refractivity contribution in [1.82, 2.24) is 4.90 Å². The highest BCUT2D eigenvalue weighted by molar-refractivity contribution is 6.03. The van der Waals surface area contributed by atoms with Crippen molar-refractivity contribution in [2.45, 2.75) is 12.8 Å². The third-order valence-electron chi connectivity index (χ3n) is 4.04. The zero-order chi connectivity index (χ0) is 16.4. The van der Waals surface area contributed by atoms with Crippen LogP contribution in [-0.2, 0) is 25.5 Å². The van der Waals surface area contributed by atoms with Crippen LogP contribution in [0.3, 0.4) is 0 Å². The lowest BCUT2D eigenvalue weighted by atomic mass is 10.1. The quantitative estimate of drug-likeness (QED) is 0.595. The summed E-state index contributed by atoms with van der Waals surface area (Å²) < 4.78 is 15.1. The minimum Gasteiger partial charge on any atom is -0.468 e. The molecule has 1 unspecified atom stereocenters. The summed E-state index contributed by atoms with van der Waals surface area (Å²) in [6.45, 7) is 0.285. The van der Waals surface area contributed by atoms with E-state index < -0.39 is 11.9 Å². The number of rotatable bonds is 4. The first-order valence-electron chi connectivity index (χ1n) is 7.35. The van der Waals surface area contributed by atoms with E-state index in [0.29, 0.717) is 17.9 Å². The first-order valence-corrected chi connectivity index (χ1v) is 7.35. The first-order chi connectivity index (χ1) is 11.1. The number of benzene rings is 1. The van der Waals surface area contributed by atoms with E-state index in [-0.39, 0.29) is 38.0 Å². The highest BCUT2D eigenvalue weighted by atomic mass is 16.7. The van der Waals surface area contributed by atoms with Crippen LogP contribution in [-0.4, -0.2) is 49.6 Å². The molecule has 3 rings (SSSR count). The fourth-order valence-corrected chi connectivity index (χ4v) is 2.73. The average molecular weight is 319 g/mol. The van der Waals surface area contributed by atoms with Crippen molar-refractivity contribution in [3.63, 3.8) is 0 Å². The number of ketones is 1. The average Bonchev–Trinajstić information content (AvgIpc) is 3.17. The highest BCUT2D eigenvalue weighted by Crippen LogP contribution is 2.32. The molecule has 1 atom stereocenters. The second-order valence-electron chi connectivity index (χ2n) is 5.50. The van der Waals surface area contributed by atoms with Gasteiger partial charge in [-0.05, 0) is 24.1 Å². The lowest BCUT2D eigenvalue weighted by Crippen LogP contribution is -2.30. The summed E-state index contributed by atoms with van der Waals surface area (Å²) in [5.74, 6) is -0.477. The van der Waals surface area contributed by atoms with Gasteiger partial charge in [0.05, 0.1) is 13.7 Å². The minimum atomic E-state index is -0.852. The van der Waals surface area contributed by atoms with Crippen molar-refractivity contribution in [3.05, 3.63) is 23.8 Å². The van der Waals surface area contributed by atoms with Gasteiger partial charge in [0.15, 0.2) is 17.3 Å². The topological polar surface area (TPSA) is 82.1 Å². The van der Waals surface area contributed by atoms with Gasteiger partial charge < -0.3 is 19.1 Å². The maximum Gasteiger partial charge on any atom is 0.318 e. The third kappa shape index (κ3) is 3.13. The van der Waals surface area contributed by atoms with Crippen LogP contribution in [0, 0.1) is 5.92 Å². The van der Waals surface area contributed by atoms with Gasteiger partial charge in [0.2, 0.25) is 12.7 Å². The molecule has 0 spiro atoms. The Bertz CT molecular complexity index is 656. The Morgan fingerprint density at radius 3 is 2.87 bits per heavy atom. The fourth-order valence-electron chi connectivity index (χ4n) is 2.73. The predicted octanol–water partition coefficient (Wildman–Crippen LogP) is 0.548. The number of ether oxygens (including phenoxy) is 3. The van der Waals surface area contributed by atoms with Gasteiger partial charge in [-0.15, -0.1) is 0 Å². The molecule has 0 N–H and O–H groups in total. The number of carbonyl (C=O) groups excluding carboxylic acids is 3. The first kappa shape index (κ1) is 15.3. The predicted molar refractivity (Wildman–Crippen MR) is 78.0 cm³/mol. The summed E-state index contributed by atoms with van der Waals surface area (Å²) in [6.07, 6.45) is 0.796. The molecule has 7 nitrogen and oxygen atoms in total. The molecule has 2 aliphatic heterocycles. The molecular formula is C16H17NO6. The van der Waals surface area contributed by atoms with Gasteiger partial charge in [0, 0.05) is 13.0 Å². The van der Waals surface area contributed by atoms with E-state index in [1.54, 1.807) is 0 Å². The molecule has 2 aliphatic rings. The van der Waals surface area contributed by atoms with Gasteiger partial charge in [0.1, 0.15) is 5.92 Å². The van der Waals surface area contributed by atoms with Gasteiger partial charge >= 0.3 is 5.97 Å². The van der Waals surface area contributed by atoms with Crippen LogP contribution in [0.2, 0.25) is 0 Å². The molecular weight excluding hydrogens is 302 g/mol. The molecule has 0 saturated carbocycles. The number of amides is 1. The summed E-state index contributed by atoms with van der Waals surface area (Å²) in [6, 6.07) is 5.55. The number of fused-ring (bicyclic) bond motifs is 1. The van der Waals surface area contributed by atoms with Crippen molar-refractivity contribution in [2.75, 3.05) is 27.0 Å². The Kier molecular flexibility index (Phi) is 4.18. The van der Waals surface area contributed by atoms with Crippen molar-refractivity contribution in [1.29, 1.82) is 0 Å². The van der Waals surface area contributed by atoms with Crippen molar-refractivity contribution in [3.8, 4) is 11.5 Å². The highest BCUT2D eigenvalue weighted by Gasteiger charge is 2.38. The Balaban J connectivity index is 1.56. The molecule has 0 bridgehead atoms. The fraction of sp³-hybridized carbons (Fsp3) is 0.438. The Morgan fingerprint density at radius 1 is 1.30 bits per heavy atom. The summed E-state index contributed by atoms with van der Waals surface area (Å²) in [4.78, 5) is 36.9. The van der Waals surface area contributed by atoms with Crippen LogP contribution in [0.1, 0.15) is 12.0 Å². The molecule has 7 heteroatoms. The minimum absolute atomic E-state index is 0.0280. The molecule has 23 heavy (non-hydrogen) atoms. The molecule has 1 fully saturated rings. The SMILES string of the molecule is COC(=O)C1CN(C(=O)CCc2ccc3c(c2)OCO3)CC1=O. The lowest BCUT2D eigenvalue weighted by Gasteiger charge is -2.15. The number of esters is 1. The van der Waals surface area contributed by atoms with E-state index >= 15 is 0 Å². The standard InChI is InChI=1S/C16H17NO6/c1-21-16(20)11-7-17(8-12(11)18)15(19)5-3-10-2-4-13-14(6-10)23-9-22-13/h2,4,6,11H,3,5,7-9H2,1H3. The van der Waals surface area contributed by atoms with Crippen LogP contribution < -0.4 is 9.47 Å². The number of carbonyl (C=O) groups is 3. The maximum absolute atomic E-state index is 12.2.